The molecule has 2 aromatic carbocycles. The van der Waals surface area contributed by atoms with Gasteiger partial charge in [0.1, 0.15) is 5.82 Å². The molecule has 0 spiro atoms. The maximum atomic E-state index is 5.45. The van der Waals surface area contributed by atoms with E-state index in [1.54, 1.807) is 0 Å². The molecule has 0 amide bonds. The van der Waals surface area contributed by atoms with Gasteiger partial charge in [0.2, 0.25) is 0 Å². The summed E-state index contributed by atoms with van der Waals surface area (Å²) in [6.45, 7) is 4.32. The van der Waals surface area contributed by atoms with Crippen LogP contribution in [0.15, 0.2) is 54.6 Å². The fraction of sp³-hybridized carbons (Fsp3) is 0.263. The predicted octanol–water partition coefficient (Wildman–Crippen LogP) is 5.29. The second kappa shape index (κ2) is 7.81. The summed E-state index contributed by atoms with van der Waals surface area (Å²) in [4.78, 5) is 0. The smallest absolute Gasteiger partial charge is 0.195 e. The molecule has 0 saturated heterocycles. The summed E-state index contributed by atoms with van der Waals surface area (Å²) in [5.41, 5.74) is 3.95. The molecular formula is C19H21N3S2. The molecule has 3 rings (SSSR count). The van der Waals surface area contributed by atoms with Gasteiger partial charge in [0.15, 0.2) is 4.77 Å². The van der Waals surface area contributed by atoms with Gasteiger partial charge < -0.3 is 0 Å². The number of thioether (sulfide) groups is 1. The number of H-pyrrole nitrogens is 1. The first kappa shape index (κ1) is 17.0. The molecule has 0 unspecified atom stereocenters. The van der Waals surface area contributed by atoms with Crippen LogP contribution in [0.5, 0.6) is 0 Å². The minimum Gasteiger partial charge on any atom is -0.296 e. The molecule has 0 bridgehead atoms. The first-order valence-electron chi connectivity index (χ1n) is 8.00. The van der Waals surface area contributed by atoms with Crippen LogP contribution in [0.2, 0.25) is 0 Å². The average Bonchev–Trinajstić information content (AvgIpc) is 2.97. The molecule has 0 fully saturated rings. The van der Waals surface area contributed by atoms with Crippen LogP contribution in [0.25, 0.3) is 0 Å². The van der Waals surface area contributed by atoms with Gasteiger partial charge >= 0.3 is 0 Å². The number of aromatic amines is 1. The molecule has 1 N–H and O–H groups in total. The maximum absolute atomic E-state index is 5.45. The second-order valence-electron chi connectivity index (χ2n) is 5.82. The van der Waals surface area contributed by atoms with Crippen molar-refractivity contribution in [3.05, 3.63) is 81.9 Å². The van der Waals surface area contributed by atoms with E-state index >= 15 is 0 Å². The van der Waals surface area contributed by atoms with Gasteiger partial charge in [-0.2, -0.15) is 5.10 Å². The lowest BCUT2D eigenvalue weighted by atomic mass is 10.1. The van der Waals surface area contributed by atoms with Crippen molar-refractivity contribution >= 4 is 24.0 Å². The Morgan fingerprint density at radius 3 is 2.54 bits per heavy atom. The van der Waals surface area contributed by atoms with Gasteiger partial charge in [-0.05, 0) is 42.8 Å². The van der Waals surface area contributed by atoms with E-state index in [0.717, 1.165) is 17.3 Å². The standard InChI is InChI=1S/C19H21N3S2/c1-14-8-6-7-11-17(14)12-24-13-18-20-21-19(23)22(18)15(2)16-9-4-3-5-10-16/h3-11,15H,12-13H2,1-2H3,(H,21,23)/t15-/m1/s1. The van der Waals surface area contributed by atoms with Gasteiger partial charge in [-0.1, -0.05) is 54.6 Å². The molecule has 3 aromatic rings. The molecule has 0 aliphatic rings. The number of hydrogen-bond acceptors (Lipinski definition) is 3. The van der Waals surface area contributed by atoms with Gasteiger partial charge in [0.05, 0.1) is 11.8 Å². The van der Waals surface area contributed by atoms with Crippen molar-refractivity contribution in [1.82, 2.24) is 14.8 Å². The van der Waals surface area contributed by atoms with Crippen molar-refractivity contribution in [3.63, 3.8) is 0 Å². The average molecular weight is 356 g/mol. The van der Waals surface area contributed by atoms with E-state index in [2.05, 4.69) is 77.1 Å². The third kappa shape index (κ3) is 3.79. The number of benzene rings is 2. The van der Waals surface area contributed by atoms with Crippen molar-refractivity contribution < 1.29 is 0 Å². The zero-order valence-electron chi connectivity index (χ0n) is 13.9. The van der Waals surface area contributed by atoms with E-state index in [1.165, 1.54) is 16.7 Å². The van der Waals surface area contributed by atoms with Crippen LogP contribution in [0.3, 0.4) is 0 Å². The van der Waals surface area contributed by atoms with Crippen LogP contribution in [-0.4, -0.2) is 14.8 Å². The molecule has 0 radical (unpaired) electrons. The Morgan fingerprint density at radius 2 is 1.79 bits per heavy atom. The summed E-state index contributed by atoms with van der Waals surface area (Å²) in [6, 6.07) is 19.1. The zero-order valence-corrected chi connectivity index (χ0v) is 15.5. The number of nitrogens with one attached hydrogen (secondary N) is 1. The second-order valence-corrected chi connectivity index (χ2v) is 7.19. The fourth-order valence-electron chi connectivity index (χ4n) is 2.74. The van der Waals surface area contributed by atoms with Gasteiger partial charge in [-0.15, -0.1) is 11.8 Å². The van der Waals surface area contributed by atoms with Crippen molar-refractivity contribution in [2.45, 2.75) is 31.4 Å². The van der Waals surface area contributed by atoms with Gasteiger partial charge in [0.25, 0.3) is 0 Å². The summed E-state index contributed by atoms with van der Waals surface area (Å²) in [6.07, 6.45) is 0. The Balaban J connectivity index is 1.73. The van der Waals surface area contributed by atoms with Crippen LogP contribution in [0.1, 0.15) is 35.5 Å². The van der Waals surface area contributed by atoms with Crippen LogP contribution in [0.4, 0.5) is 0 Å². The lowest BCUT2D eigenvalue weighted by Crippen LogP contribution is -2.10. The van der Waals surface area contributed by atoms with Gasteiger partial charge in [-0.25, -0.2) is 0 Å². The summed E-state index contributed by atoms with van der Waals surface area (Å²) >= 11 is 7.31. The van der Waals surface area contributed by atoms with Gasteiger partial charge in [-0.3, -0.25) is 9.67 Å². The van der Waals surface area contributed by atoms with E-state index in [9.17, 15) is 0 Å². The van der Waals surface area contributed by atoms with Gasteiger partial charge in [0, 0.05) is 5.75 Å². The van der Waals surface area contributed by atoms with Crippen molar-refractivity contribution in [2.75, 3.05) is 0 Å². The molecule has 1 heterocycles. The van der Waals surface area contributed by atoms with E-state index < -0.39 is 0 Å². The topological polar surface area (TPSA) is 33.6 Å². The molecule has 24 heavy (non-hydrogen) atoms. The van der Waals surface area contributed by atoms with Crippen molar-refractivity contribution in [2.24, 2.45) is 0 Å². The SMILES string of the molecule is Cc1ccccc1CSCc1n[nH]c(=S)n1[C@H](C)c1ccccc1. The fourth-order valence-corrected chi connectivity index (χ4v) is 4.08. The minimum absolute atomic E-state index is 0.173. The summed E-state index contributed by atoms with van der Waals surface area (Å²) in [7, 11) is 0. The first-order chi connectivity index (χ1) is 11.7. The van der Waals surface area contributed by atoms with Crippen LogP contribution < -0.4 is 0 Å². The Kier molecular flexibility index (Phi) is 5.53. The number of nitrogens with zero attached hydrogens (tertiary/aromatic N) is 2. The summed E-state index contributed by atoms with van der Waals surface area (Å²) in [5.74, 6) is 2.81. The highest BCUT2D eigenvalue weighted by atomic mass is 32.2. The largest absolute Gasteiger partial charge is 0.296 e. The number of hydrogen-bond donors (Lipinski definition) is 1. The van der Waals surface area contributed by atoms with Crippen LogP contribution >= 0.6 is 24.0 Å². The monoisotopic (exact) mass is 355 g/mol. The lowest BCUT2D eigenvalue weighted by Gasteiger charge is -2.16. The third-order valence-electron chi connectivity index (χ3n) is 4.20. The lowest BCUT2D eigenvalue weighted by molar-refractivity contribution is 0.608. The molecule has 0 aliphatic carbocycles. The Hall–Kier alpha value is -1.85. The zero-order chi connectivity index (χ0) is 16.9. The highest BCUT2D eigenvalue weighted by Crippen LogP contribution is 2.24. The Bertz CT molecular complexity index is 852. The summed E-state index contributed by atoms with van der Waals surface area (Å²) < 4.78 is 2.80. The Labute approximate surface area is 152 Å². The van der Waals surface area contributed by atoms with E-state index in [1.807, 2.05) is 17.8 Å². The molecule has 1 atom stereocenters. The highest BCUT2D eigenvalue weighted by Gasteiger charge is 2.14. The molecule has 0 aliphatic heterocycles. The Morgan fingerprint density at radius 1 is 1.08 bits per heavy atom. The number of aromatic nitrogens is 3. The minimum atomic E-state index is 0.173. The van der Waals surface area contributed by atoms with E-state index in [-0.39, 0.29) is 6.04 Å². The third-order valence-corrected chi connectivity index (χ3v) is 5.46. The van der Waals surface area contributed by atoms with Crippen LogP contribution in [-0.2, 0) is 11.5 Å². The molecule has 124 valence electrons. The van der Waals surface area contributed by atoms with Crippen LogP contribution in [0, 0.1) is 11.7 Å². The van der Waals surface area contributed by atoms with E-state index in [4.69, 9.17) is 12.2 Å². The van der Waals surface area contributed by atoms with Crippen molar-refractivity contribution in [1.29, 1.82) is 0 Å². The number of rotatable bonds is 6. The molecular weight excluding hydrogens is 334 g/mol. The predicted molar refractivity (Wildman–Crippen MR) is 104 cm³/mol. The highest BCUT2D eigenvalue weighted by molar-refractivity contribution is 7.97. The number of aryl methyl sites for hydroxylation is 1. The maximum Gasteiger partial charge on any atom is 0.195 e. The quantitative estimate of drug-likeness (QED) is 0.610. The summed E-state index contributed by atoms with van der Waals surface area (Å²) in [5, 5.41) is 7.39. The molecule has 0 saturated carbocycles. The first-order valence-corrected chi connectivity index (χ1v) is 9.56. The molecule has 1 aromatic heterocycles. The van der Waals surface area contributed by atoms with Crippen molar-refractivity contribution in [3.8, 4) is 0 Å². The van der Waals surface area contributed by atoms with E-state index in [0.29, 0.717) is 4.77 Å². The molecule has 5 heteroatoms. The normalized spacial score (nSPS) is 12.2. The molecule has 3 nitrogen and oxygen atoms in total.